The summed E-state index contributed by atoms with van der Waals surface area (Å²) in [6.07, 6.45) is 0.940. The predicted molar refractivity (Wildman–Crippen MR) is 92.7 cm³/mol. The summed E-state index contributed by atoms with van der Waals surface area (Å²) in [7, 11) is 0. The Hall–Kier alpha value is -1.83. The first-order valence-electron chi connectivity index (χ1n) is 8.61. The molecule has 0 aliphatic carbocycles. The second-order valence-electron chi connectivity index (χ2n) is 6.29. The van der Waals surface area contributed by atoms with Crippen LogP contribution in [0.2, 0.25) is 0 Å². The molecule has 1 unspecified atom stereocenters. The van der Waals surface area contributed by atoms with Crippen LogP contribution in [0, 0.1) is 6.92 Å². The molecule has 1 aliphatic rings. The van der Waals surface area contributed by atoms with E-state index in [4.69, 9.17) is 0 Å². The van der Waals surface area contributed by atoms with Crippen LogP contribution in [0.3, 0.4) is 0 Å². The number of guanidine groups is 1. The number of pyridine rings is 1. The molecule has 0 aromatic carbocycles. The Kier molecular flexibility index (Phi) is 7.04. The van der Waals surface area contributed by atoms with Crippen LogP contribution < -0.4 is 10.6 Å². The van der Waals surface area contributed by atoms with E-state index < -0.39 is 12.7 Å². The van der Waals surface area contributed by atoms with Gasteiger partial charge in [-0.1, -0.05) is 0 Å². The summed E-state index contributed by atoms with van der Waals surface area (Å²) < 4.78 is 37.4. The quantitative estimate of drug-likeness (QED) is 0.605. The van der Waals surface area contributed by atoms with Crippen molar-refractivity contribution >= 4 is 5.96 Å². The molecule has 1 aliphatic heterocycles. The minimum Gasteiger partial charge on any atom is -0.357 e. The van der Waals surface area contributed by atoms with E-state index in [9.17, 15) is 13.2 Å². The highest BCUT2D eigenvalue weighted by Gasteiger charge is 2.34. The van der Waals surface area contributed by atoms with Crippen LogP contribution in [-0.2, 0) is 6.42 Å². The van der Waals surface area contributed by atoms with E-state index >= 15 is 0 Å². The molecular weight excluding hydrogens is 331 g/mol. The van der Waals surface area contributed by atoms with Crippen molar-refractivity contribution in [2.45, 2.75) is 38.9 Å². The van der Waals surface area contributed by atoms with Gasteiger partial charge in [0.1, 0.15) is 0 Å². The van der Waals surface area contributed by atoms with Gasteiger partial charge in [0.05, 0.1) is 6.54 Å². The van der Waals surface area contributed by atoms with Crippen molar-refractivity contribution < 1.29 is 13.2 Å². The van der Waals surface area contributed by atoms with E-state index in [1.54, 1.807) is 6.20 Å². The van der Waals surface area contributed by atoms with Crippen LogP contribution in [0.4, 0.5) is 13.2 Å². The van der Waals surface area contributed by atoms with Crippen molar-refractivity contribution in [3.05, 3.63) is 29.6 Å². The normalized spacial score (nSPS) is 19.2. The molecule has 25 heavy (non-hydrogen) atoms. The summed E-state index contributed by atoms with van der Waals surface area (Å²) in [4.78, 5) is 10.1. The first-order chi connectivity index (χ1) is 11.9. The number of hydrogen-bond donors (Lipinski definition) is 2. The van der Waals surface area contributed by atoms with Crippen LogP contribution in [0.25, 0.3) is 0 Å². The maximum Gasteiger partial charge on any atom is 0.401 e. The Morgan fingerprint density at radius 3 is 2.92 bits per heavy atom. The highest BCUT2D eigenvalue weighted by Crippen LogP contribution is 2.19. The highest BCUT2D eigenvalue weighted by molar-refractivity contribution is 5.80. The number of hydrogen-bond acceptors (Lipinski definition) is 3. The van der Waals surface area contributed by atoms with E-state index in [1.165, 1.54) is 10.5 Å². The van der Waals surface area contributed by atoms with Crippen LogP contribution in [0.5, 0.6) is 0 Å². The van der Waals surface area contributed by atoms with Gasteiger partial charge in [-0.25, -0.2) is 0 Å². The average molecular weight is 357 g/mol. The largest absolute Gasteiger partial charge is 0.401 e. The molecule has 140 valence electrons. The third-order valence-corrected chi connectivity index (χ3v) is 4.15. The number of nitrogens with zero attached hydrogens (tertiary/aromatic N) is 3. The zero-order chi connectivity index (χ0) is 18.3. The van der Waals surface area contributed by atoms with Crippen molar-refractivity contribution in [2.24, 2.45) is 4.99 Å². The molecule has 8 heteroatoms. The molecule has 2 rings (SSSR count). The van der Waals surface area contributed by atoms with Gasteiger partial charge in [-0.3, -0.25) is 14.9 Å². The fourth-order valence-corrected chi connectivity index (χ4v) is 2.93. The lowest BCUT2D eigenvalue weighted by Crippen LogP contribution is -2.45. The van der Waals surface area contributed by atoms with Gasteiger partial charge in [0.2, 0.25) is 0 Å². The van der Waals surface area contributed by atoms with Crippen molar-refractivity contribution in [2.75, 3.05) is 32.7 Å². The van der Waals surface area contributed by atoms with Crippen LogP contribution in [0.15, 0.2) is 23.5 Å². The van der Waals surface area contributed by atoms with E-state index in [2.05, 4.69) is 20.6 Å². The monoisotopic (exact) mass is 357 g/mol. The fraction of sp³-hybridized carbons (Fsp3) is 0.647. The fourth-order valence-electron chi connectivity index (χ4n) is 2.93. The predicted octanol–water partition coefficient (Wildman–Crippen LogP) is 2.12. The minimum absolute atomic E-state index is 0.0113. The van der Waals surface area contributed by atoms with Gasteiger partial charge < -0.3 is 10.6 Å². The molecule has 1 fully saturated rings. The summed E-state index contributed by atoms with van der Waals surface area (Å²) in [5.41, 5.74) is 2.33. The van der Waals surface area contributed by atoms with Gasteiger partial charge in [-0.05, 0) is 43.9 Å². The van der Waals surface area contributed by atoms with Crippen LogP contribution in [0.1, 0.15) is 24.5 Å². The third-order valence-electron chi connectivity index (χ3n) is 4.15. The lowest BCUT2D eigenvalue weighted by Gasteiger charge is -2.19. The first-order valence-corrected chi connectivity index (χ1v) is 8.61. The number of aliphatic imine (C=N–C) groups is 1. The molecule has 2 N–H and O–H groups in total. The van der Waals surface area contributed by atoms with Gasteiger partial charge in [0.15, 0.2) is 5.96 Å². The Morgan fingerprint density at radius 1 is 1.44 bits per heavy atom. The van der Waals surface area contributed by atoms with Crippen molar-refractivity contribution in [3.63, 3.8) is 0 Å². The van der Waals surface area contributed by atoms with Crippen LogP contribution in [-0.4, -0.2) is 60.8 Å². The number of likely N-dealkylation sites (tertiary alicyclic amines) is 1. The summed E-state index contributed by atoms with van der Waals surface area (Å²) >= 11 is 0. The standard InChI is InChI=1S/C17H26F3N5/c1-3-22-16(23-8-5-14-4-7-21-10-13(14)2)24-15-6-9-25(11-15)12-17(18,19)20/h4,7,10,15H,3,5-6,8-9,11-12H2,1-2H3,(H2,22,23,24). The summed E-state index contributed by atoms with van der Waals surface area (Å²) in [6.45, 7) is 5.29. The van der Waals surface area contributed by atoms with Crippen LogP contribution >= 0.6 is 0 Å². The lowest BCUT2D eigenvalue weighted by molar-refractivity contribution is -0.143. The molecule has 0 radical (unpaired) electrons. The van der Waals surface area contributed by atoms with Crippen molar-refractivity contribution in [1.29, 1.82) is 0 Å². The minimum atomic E-state index is -4.14. The Labute approximate surface area is 146 Å². The van der Waals surface area contributed by atoms with E-state index in [-0.39, 0.29) is 6.04 Å². The summed E-state index contributed by atoms with van der Waals surface area (Å²) in [6, 6.07) is 1.97. The number of halogens is 3. The SMILES string of the molecule is CCNC(=NCCc1ccncc1C)NC1CCN(CC(F)(F)F)C1. The van der Waals surface area contributed by atoms with Gasteiger partial charge in [-0.15, -0.1) is 0 Å². The molecule has 1 atom stereocenters. The van der Waals surface area contributed by atoms with Crippen molar-refractivity contribution in [1.82, 2.24) is 20.5 Å². The molecule has 0 spiro atoms. The summed E-state index contributed by atoms with van der Waals surface area (Å²) in [5, 5.41) is 6.41. The molecular formula is C17H26F3N5. The van der Waals surface area contributed by atoms with Crippen molar-refractivity contribution in [3.8, 4) is 0 Å². The molecule has 1 saturated heterocycles. The molecule has 0 saturated carbocycles. The smallest absolute Gasteiger partial charge is 0.357 e. The molecule has 1 aromatic heterocycles. The zero-order valence-electron chi connectivity index (χ0n) is 14.7. The first kappa shape index (κ1) is 19.5. The van der Waals surface area contributed by atoms with E-state index in [0.717, 1.165) is 12.0 Å². The Morgan fingerprint density at radius 2 is 2.24 bits per heavy atom. The third kappa shape index (κ3) is 6.89. The Balaban J connectivity index is 1.85. The van der Waals surface area contributed by atoms with E-state index in [0.29, 0.717) is 38.6 Å². The molecule has 0 bridgehead atoms. The number of nitrogens with one attached hydrogen (secondary N) is 2. The molecule has 0 amide bonds. The number of rotatable bonds is 6. The number of aromatic nitrogens is 1. The zero-order valence-corrected chi connectivity index (χ0v) is 14.7. The molecule has 5 nitrogen and oxygen atoms in total. The van der Waals surface area contributed by atoms with Gasteiger partial charge in [0.25, 0.3) is 0 Å². The van der Waals surface area contributed by atoms with Gasteiger partial charge in [-0.2, -0.15) is 13.2 Å². The summed E-state index contributed by atoms with van der Waals surface area (Å²) in [5.74, 6) is 0.660. The second kappa shape index (κ2) is 9.03. The molecule has 2 heterocycles. The lowest BCUT2D eigenvalue weighted by atomic mass is 10.1. The number of alkyl halides is 3. The van der Waals surface area contributed by atoms with Gasteiger partial charge >= 0.3 is 6.18 Å². The maximum absolute atomic E-state index is 12.5. The molecule has 1 aromatic rings. The van der Waals surface area contributed by atoms with Gasteiger partial charge in [0, 0.05) is 44.6 Å². The highest BCUT2D eigenvalue weighted by atomic mass is 19.4. The number of aryl methyl sites for hydroxylation is 1. The topological polar surface area (TPSA) is 52.6 Å². The van der Waals surface area contributed by atoms with E-state index in [1.807, 2.05) is 26.1 Å². The average Bonchev–Trinajstić information content (AvgIpc) is 2.94. The second-order valence-corrected chi connectivity index (χ2v) is 6.29. The Bertz CT molecular complexity index is 574. The maximum atomic E-state index is 12.5.